The van der Waals surface area contributed by atoms with Crippen molar-refractivity contribution in [1.29, 1.82) is 0 Å². The number of halogens is 2. The zero-order valence-corrected chi connectivity index (χ0v) is 15.9. The Labute approximate surface area is 156 Å². The normalized spacial score (nSPS) is 11.2. The van der Waals surface area contributed by atoms with Gasteiger partial charge in [0, 0.05) is 31.4 Å². The van der Waals surface area contributed by atoms with Gasteiger partial charge < -0.3 is 11.5 Å². The zero-order valence-electron chi connectivity index (χ0n) is 12.7. The van der Waals surface area contributed by atoms with Crippen molar-refractivity contribution >= 4 is 64.8 Å². The molecule has 0 aliphatic rings. The van der Waals surface area contributed by atoms with Crippen molar-refractivity contribution in [3.8, 4) is 11.1 Å². The predicted molar refractivity (Wildman–Crippen MR) is 111 cm³/mol. The zero-order chi connectivity index (χ0) is 16.8. The predicted octanol–water partition coefficient (Wildman–Crippen LogP) is 6.35. The van der Waals surface area contributed by atoms with Gasteiger partial charge in [0.1, 0.15) is 0 Å². The largest absolute Gasteiger partial charge is 0.398 e. The summed E-state index contributed by atoms with van der Waals surface area (Å²) in [4.78, 5) is 0. The van der Waals surface area contributed by atoms with Crippen LogP contribution in [0, 0.1) is 0 Å². The molecule has 4 aromatic carbocycles. The molecule has 0 heterocycles. The monoisotopic (exact) mass is 440 g/mol. The van der Waals surface area contributed by atoms with Crippen LogP contribution in [-0.2, 0) is 0 Å². The quantitative estimate of drug-likeness (QED) is 0.338. The van der Waals surface area contributed by atoms with E-state index >= 15 is 0 Å². The van der Waals surface area contributed by atoms with Gasteiger partial charge >= 0.3 is 0 Å². The standard InChI is InChI=1S/C20H14Br2N2/c21-13-3-5-15-11(9-13)1-7-17(23)19(15)20-16-6-4-14(22)10-12(16)2-8-18(20)24/h1-10H,23-24H2. The number of anilines is 2. The van der Waals surface area contributed by atoms with Crippen molar-refractivity contribution in [2.75, 3.05) is 11.5 Å². The van der Waals surface area contributed by atoms with E-state index in [0.717, 1.165) is 53.0 Å². The molecule has 0 fully saturated rings. The van der Waals surface area contributed by atoms with Crippen LogP contribution in [0.2, 0.25) is 0 Å². The summed E-state index contributed by atoms with van der Waals surface area (Å²) in [6.45, 7) is 0. The van der Waals surface area contributed by atoms with Gasteiger partial charge in [-0.3, -0.25) is 0 Å². The second-order valence-corrected chi connectivity index (χ2v) is 7.62. The molecular weight excluding hydrogens is 428 g/mol. The van der Waals surface area contributed by atoms with Crippen LogP contribution < -0.4 is 11.5 Å². The second-order valence-electron chi connectivity index (χ2n) is 5.79. The molecule has 24 heavy (non-hydrogen) atoms. The van der Waals surface area contributed by atoms with Crippen LogP contribution in [0.3, 0.4) is 0 Å². The molecule has 0 aromatic heterocycles. The van der Waals surface area contributed by atoms with E-state index in [9.17, 15) is 0 Å². The van der Waals surface area contributed by atoms with Gasteiger partial charge in [-0.2, -0.15) is 0 Å². The molecule has 4 N–H and O–H groups in total. The summed E-state index contributed by atoms with van der Waals surface area (Å²) in [5.41, 5.74) is 16.2. The maximum Gasteiger partial charge on any atom is 0.0401 e. The van der Waals surface area contributed by atoms with E-state index < -0.39 is 0 Å². The van der Waals surface area contributed by atoms with E-state index in [4.69, 9.17) is 11.5 Å². The highest BCUT2D eigenvalue weighted by Crippen LogP contribution is 2.42. The maximum absolute atomic E-state index is 6.37. The average molecular weight is 442 g/mol. The fourth-order valence-electron chi connectivity index (χ4n) is 3.19. The number of fused-ring (bicyclic) bond motifs is 2. The van der Waals surface area contributed by atoms with Crippen LogP contribution >= 0.6 is 31.9 Å². The highest BCUT2D eigenvalue weighted by molar-refractivity contribution is 9.10. The van der Waals surface area contributed by atoms with Crippen molar-refractivity contribution in [3.05, 3.63) is 69.6 Å². The lowest BCUT2D eigenvalue weighted by molar-refractivity contribution is 1.64. The molecule has 4 rings (SSSR count). The highest BCUT2D eigenvalue weighted by atomic mass is 79.9. The van der Waals surface area contributed by atoms with E-state index in [1.807, 2.05) is 36.4 Å². The number of hydrogen-bond donors (Lipinski definition) is 2. The molecule has 4 heteroatoms. The summed E-state index contributed by atoms with van der Waals surface area (Å²) in [5.74, 6) is 0. The number of benzene rings is 4. The van der Waals surface area contributed by atoms with Gasteiger partial charge in [0.25, 0.3) is 0 Å². The summed E-state index contributed by atoms with van der Waals surface area (Å²) in [6, 6.07) is 20.4. The fraction of sp³-hybridized carbons (Fsp3) is 0. The van der Waals surface area contributed by atoms with Crippen molar-refractivity contribution in [1.82, 2.24) is 0 Å². The summed E-state index contributed by atoms with van der Waals surface area (Å²) in [5, 5.41) is 4.45. The third kappa shape index (κ3) is 2.46. The Morgan fingerprint density at radius 3 is 1.38 bits per heavy atom. The number of rotatable bonds is 1. The smallest absolute Gasteiger partial charge is 0.0401 e. The number of nitrogen functional groups attached to an aromatic ring is 2. The van der Waals surface area contributed by atoms with Gasteiger partial charge in [-0.15, -0.1) is 0 Å². The van der Waals surface area contributed by atoms with Crippen LogP contribution in [-0.4, -0.2) is 0 Å². The SMILES string of the molecule is Nc1ccc2cc(Br)ccc2c1-c1c(N)ccc2cc(Br)ccc12. The van der Waals surface area contributed by atoms with Crippen molar-refractivity contribution in [2.24, 2.45) is 0 Å². The van der Waals surface area contributed by atoms with Gasteiger partial charge in [0.15, 0.2) is 0 Å². The Kier molecular flexibility index (Phi) is 3.74. The van der Waals surface area contributed by atoms with Gasteiger partial charge in [-0.25, -0.2) is 0 Å². The minimum Gasteiger partial charge on any atom is -0.398 e. The number of hydrogen-bond acceptors (Lipinski definition) is 2. The first-order valence-corrected chi connectivity index (χ1v) is 9.09. The lowest BCUT2D eigenvalue weighted by atomic mass is 9.91. The van der Waals surface area contributed by atoms with Crippen molar-refractivity contribution in [2.45, 2.75) is 0 Å². The summed E-state index contributed by atoms with van der Waals surface area (Å²) >= 11 is 7.07. The highest BCUT2D eigenvalue weighted by Gasteiger charge is 2.14. The van der Waals surface area contributed by atoms with Gasteiger partial charge in [-0.05, 0) is 57.9 Å². The molecule has 0 radical (unpaired) electrons. The Morgan fingerprint density at radius 1 is 0.542 bits per heavy atom. The molecule has 118 valence electrons. The summed E-state index contributed by atoms with van der Waals surface area (Å²) < 4.78 is 2.08. The molecule has 0 spiro atoms. The topological polar surface area (TPSA) is 52.0 Å². The first kappa shape index (κ1) is 15.5. The summed E-state index contributed by atoms with van der Waals surface area (Å²) in [7, 11) is 0. The number of nitrogens with two attached hydrogens (primary N) is 2. The third-order valence-corrected chi connectivity index (χ3v) is 5.26. The molecule has 0 saturated heterocycles. The minimum atomic E-state index is 0.729. The van der Waals surface area contributed by atoms with E-state index in [2.05, 4.69) is 56.1 Å². The van der Waals surface area contributed by atoms with Crippen LogP contribution in [0.5, 0.6) is 0 Å². The van der Waals surface area contributed by atoms with E-state index in [1.165, 1.54) is 0 Å². The van der Waals surface area contributed by atoms with Crippen LogP contribution in [0.25, 0.3) is 32.7 Å². The first-order valence-electron chi connectivity index (χ1n) is 7.50. The molecule has 4 aromatic rings. The Morgan fingerprint density at radius 2 is 0.958 bits per heavy atom. The molecule has 0 atom stereocenters. The maximum atomic E-state index is 6.37. The van der Waals surface area contributed by atoms with E-state index in [0.29, 0.717) is 0 Å². The van der Waals surface area contributed by atoms with Crippen molar-refractivity contribution in [3.63, 3.8) is 0 Å². The van der Waals surface area contributed by atoms with Gasteiger partial charge in [0.05, 0.1) is 0 Å². The molecule has 0 aliphatic heterocycles. The van der Waals surface area contributed by atoms with Crippen LogP contribution in [0.4, 0.5) is 11.4 Å². The summed E-state index contributed by atoms with van der Waals surface area (Å²) in [6.07, 6.45) is 0. The lowest BCUT2D eigenvalue weighted by Crippen LogP contribution is -1.97. The van der Waals surface area contributed by atoms with Gasteiger partial charge in [0.2, 0.25) is 0 Å². The molecular formula is C20H14Br2N2. The average Bonchev–Trinajstić information content (AvgIpc) is 2.56. The fourth-order valence-corrected chi connectivity index (χ4v) is 3.95. The second kappa shape index (κ2) is 5.80. The van der Waals surface area contributed by atoms with E-state index in [-0.39, 0.29) is 0 Å². The molecule has 0 unspecified atom stereocenters. The molecule has 2 nitrogen and oxygen atoms in total. The first-order chi connectivity index (χ1) is 11.5. The Hall–Kier alpha value is -2.04. The molecule has 0 aliphatic carbocycles. The van der Waals surface area contributed by atoms with Gasteiger partial charge in [-0.1, -0.05) is 56.1 Å². The molecule has 0 bridgehead atoms. The third-order valence-electron chi connectivity index (χ3n) is 4.28. The molecule has 0 amide bonds. The lowest BCUT2D eigenvalue weighted by Gasteiger charge is -2.16. The van der Waals surface area contributed by atoms with Crippen molar-refractivity contribution < 1.29 is 0 Å². The van der Waals surface area contributed by atoms with E-state index in [1.54, 1.807) is 0 Å². The van der Waals surface area contributed by atoms with Crippen LogP contribution in [0.1, 0.15) is 0 Å². The Bertz CT molecular complexity index is 1010. The minimum absolute atomic E-state index is 0.729. The molecule has 0 saturated carbocycles. The van der Waals surface area contributed by atoms with Crippen LogP contribution in [0.15, 0.2) is 69.6 Å². The Balaban J connectivity index is 2.17.